The molecule has 0 aliphatic rings. The Labute approximate surface area is 236 Å². The summed E-state index contributed by atoms with van der Waals surface area (Å²) >= 11 is 0. The van der Waals surface area contributed by atoms with E-state index in [0.717, 1.165) is 12.1 Å². The zero-order valence-electron chi connectivity index (χ0n) is 21.6. The van der Waals surface area contributed by atoms with E-state index >= 15 is 0 Å². The van der Waals surface area contributed by atoms with Crippen LogP contribution in [0.15, 0.2) is 97.3 Å². The van der Waals surface area contributed by atoms with Gasteiger partial charge in [0, 0.05) is 28.9 Å². The Kier molecular flexibility index (Phi) is 7.61. The number of nitrogens with two attached hydrogens (primary N) is 1. The van der Waals surface area contributed by atoms with Gasteiger partial charge in [0.05, 0.1) is 28.0 Å². The largest absolute Gasteiger partial charge is 0.416 e. The van der Waals surface area contributed by atoms with E-state index < -0.39 is 35.5 Å². The van der Waals surface area contributed by atoms with E-state index in [1.54, 1.807) is 42.5 Å². The molecule has 5 rings (SSSR count). The molecule has 210 valence electrons. The number of anilines is 1. The summed E-state index contributed by atoms with van der Waals surface area (Å²) in [6, 6.07) is 19.1. The molecule has 0 saturated carbocycles. The Balaban J connectivity index is 1.33. The van der Waals surface area contributed by atoms with Gasteiger partial charge in [0.1, 0.15) is 5.82 Å². The number of fused-ring (bicyclic) bond motifs is 1. The SMILES string of the molecule is NC(=O)C(NC(=O)c1ccc2nc(NC(=O)c3cccnc3-c3ccc(C(F)(F)F)cc3)ccc2c1)c1ccccn1. The number of rotatable bonds is 7. The Morgan fingerprint density at radius 1 is 0.810 bits per heavy atom. The summed E-state index contributed by atoms with van der Waals surface area (Å²) in [6.07, 6.45) is -1.56. The number of amides is 3. The van der Waals surface area contributed by atoms with Crippen molar-refractivity contribution in [1.29, 1.82) is 0 Å². The van der Waals surface area contributed by atoms with Crippen molar-refractivity contribution in [2.24, 2.45) is 5.73 Å². The van der Waals surface area contributed by atoms with Gasteiger partial charge >= 0.3 is 6.18 Å². The smallest absolute Gasteiger partial charge is 0.368 e. The van der Waals surface area contributed by atoms with Crippen molar-refractivity contribution in [3.8, 4) is 11.3 Å². The standard InChI is InChI=1S/C30H21F3N6O3/c31-30(32,33)20-10-6-17(7-11-20)25-21(4-3-15-36-25)29(42)38-24-13-9-18-16-19(8-12-22(18)37-24)28(41)39-26(27(34)40)23-5-1-2-14-35-23/h1-16,26H,(H2,34,40)(H,39,41)(H,37,38,42). The molecule has 5 aromatic rings. The molecule has 3 aromatic heterocycles. The Hall–Kier alpha value is -5.65. The highest BCUT2D eigenvalue weighted by Gasteiger charge is 2.30. The Morgan fingerprint density at radius 3 is 2.26 bits per heavy atom. The van der Waals surface area contributed by atoms with Crippen molar-refractivity contribution in [2.45, 2.75) is 12.2 Å². The predicted molar refractivity (Wildman–Crippen MR) is 148 cm³/mol. The molecule has 0 aliphatic heterocycles. The second-order valence-electron chi connectivity index (χ2n) is 9.10. The fraction of sp³-hybridized carbons (Fsp3) is 0.0667. The molecule has 12 heteroatoms. The first kappa shape index (κ1) is 27.9. The van der Waals surface area contributed by atoms with Gasteiger partial charge in [-0.25, -0.2) is 4.98 Å². The number of aromatic nitrogens is 3. The summed E-state index contributed by atoms with van der Waals surface area (Å²) in [4.78, 5) is 50.6. The van der Waals surface area contributed by atoms with Crippen molar-refractivity contribution in [2.75, 3.05) is 5.32 Å². The molecule has 0 radical (unpaired) electrons. The third-order valence-electron chi connectivity index (χ3n) is 6.27. The highest BCUT2D eigenvalue weighted by Crippen LogP contribution is 2.31. The highest BCUT2D eigenvalue weighted by molar-refractivity contribution is 6.08. The lowest BCUT2D eigenvalue weighted by molar-refractivity contribution is -0.137. The average molecular weight is 571 g/mol. The molecular weight excluding hydrogens is 549 g/mol. The first-order chi connectivity index (χ1) is 20.1. The maximum absolute atomic E-state index is 13.1. The number of hydrogen-bond acceptors (Lipinski definition) is 6. The molecule has 1 unspecified atom stereocenters. The van der Waals surface area contributed by atoms with Gasteiger partial charge in [-0.05, 0) is 66.7 Å². The molecule has 0 spiro atoms. The normalized spacial score (nSPS) is 12.0. The number of nitrogens with zero attached hydrogens (tertiary/aromatic N) is 3. The third-order valence-corrected chi connectivity index (χ3v) is 6.27. The van der Waals surface area contributed by atoms with Crippen LogP contribution in [0.2, 0.25) is 0 Å². The van der Waals surface area contributed by atoms with E-state index in [0.29, 0.717) is 22.2 Å². The van der Waals surface area contributed by atoms with Gasteiger partial charge in [0.2, 0.25) is 5.91 Å². The summed E-state index contributed by atoms with van der Waals surface area (Å²) < 4.78 is 38.9. The zero-order chi connectivity index (χ0) is 29.9. The van der Waals surface area contributed by atoms with E-state index in [1.165, 1.54) is 42.7 Å². The Morgan fingerprint density at radius 2 is 1.57 bits per heavy atom. The molecule has 9 nitrogen and oxygen atoms in total. The van der Waals surface area contributed by atoms with Crippen LogP contribution in [-0.4, -0.2) is 32.7 Å². The molecule has 3 amide bonds. The van der Waals surface area contributed by atoms with Crippen LogP contribution in [0, 0.1) is 0 Å². The number of hydrogen-bond donors (Lipinski definition) is 3. The quantitative estimate of drug-likeness (QED) is 0.254. The van der Waals surface area contributed by atoms with Gasteiger partial charge in [-0.1, -0.05) is 18.2 Å². The first-order valence-corrected chi connectivity index (χ1v) is 12.5. The van der Waals surface area contributed by atoms with Crippen LogP contribution in [0.4, 0.5) is 19.0 Å². The second kappa shape index (κ2) is 11.5. The molecule has 0 fully saturated rings. The van der Waals surface area contributed by atoms with E-state index in [4.69, 9.17) is 5.73 Å². The van der Waals surface area contributed by atoms with Crippen LogP contribution in [-0.2, 0) is 11.0 Å². The van der Waals surface area contributed by atoms with Crippen LogP contribution < -0.4 is 16.4 Å². The van der Waals surface area contributed by atoms with Crippen molar-refractivity contribution in [3.63, 3.8) is 0 Å². The number of carbonyl (C=O) groups is 3. The van der Waals surface area contributed by atoms with Crippen molar-refractivity contribution in [1.82, 2.24) is 20.3 Å². The van der Waals surface area contributed by atoms with Crippen LogP contribution in [0.5, 0.6) is 0 Å². The number of pyridine rings is 3. The maximum Gasteiger partial charge on any atom is 0.416 e. The summed E-state index contributed by atoms with van der Waals surface area (Å²) in [5.41, 5.74) is 6.36. The van der Waals surface area contributed by atoms with Crippen LogP contribution in [0.25, 0.3) is 22.2 Å². The number of halogens is 3. The van der Waals surface area contributed by atoms with Gasteiger partial charge in [0.15, 0.2) is 6.04 Å². The third kappa shape index (κ3) is 6.07. The number of nitrogens with one attached hydrogen (secondary N) is 2. The molecular formula is C30H21F3N6O3. The fourth-order valence-electron chi connectivity index (χ4n) is 4.21. The lowest BCUT2D eigenvalue weighted by Crippen LogP contribution is -2.38. The van der Waals surface area contributed by atoms with Gasteiger partial charge in [0.25, 0.3) is 11.8 Å². The summed E-state index contributed by atoms with van der Waals surface area (Å²) in [5, 5.41) is 5.85. The summed E-state index contributed by atoms with van der Waals surface area (Å²) in [7, 11) is 0. The topological polar surface area (TPSA) is 140 Å². The Bertz CT molecular complexity index is 1790. The minimum Gasteiger partial charge on any atom is -0.368 e. The second-order valence-corrected chi connectivity index (χ2v) is 9.10. The van der Waals surface area contributed by atoms with Crippen LogP contribution >= 0.6 is 0 Å². The molecule has 0 bridgehead atoms. The van der Waals surface area contributed by atoms with Crippen LogP contribution in [0.1, 0.15) is 38.0 Å². The van der Waals surface area contributed by atoms with E-state index in [2.05, 4.69) is 25.6 Å². The van der Waals surface area contributed by atoms with Gasteiger partial charge in [-0.2, -0.15) is 13.2 Å². The number of carbonyl (C=O) groups excluding carboxylic acids is 3. The van der Waals surface area contributed by atoms with Gasteiger partial charge in [-0.3, -0.25) is 24.4 Å². The molecule has 2 aromatic carbocycles. The summed E-state index contributed by atoms with van der Waals surface area (Å²) in [6.45, 7) is 0. The predicted octanol–water partition coefficient (Wildman–Crippen LogP) is 4.92. The van der Waals surface area contributed by atoms with E-state index in [9.17, 15) is 27.6 Å². The minimum atomic E-state index is -4.49. The van der Waals surface area contributed by atoms with Gasteiger partial charge < -0.3 is 16.4 Å². The first-order valence-electron chi connectivity index (χ1n) is 12.5. The minimum absolute atomic E-state index is 0.142. The maximum atomic E-state index is 13.1. The summed E-state index contributed by atoms with van der Waals surface area (Å²) in [5.74, 6) is -1.67. The van der Waals surface area contributed by atoms with Crippen molar-refractivity contribution in [3.05, 3.63) is 120 Å². The number of alkyl halides is 3. The highest BCUT2D eigenvalue weighted by atomic mass is 19.4. The van der Waals surface area contributed by atoms with Crippen molar-refractivity contribution >= 4 is 34.4 Å². The lowest BCUT2D eigenvalue weighted by atomic mass is 10.0. The van der Waals surface area contributed by atoms with Crippen molar-refractivity contribution < 1.29 is 27.6 Å². The molecule has 42 heavy (non-hydrogen) atoms. The van der Waals surface area contributed by atoms with Gasteiger partial charge in [-0.15, -0.1) is 0 Å². The zero-order valence-corrected chi connectivity index (χ0v) is 21.6. The number of primary amides is 1. The molecule has 4 N–H and O–H groups in total. The fourth-order valence-corrected chi connectivity index (χ4v) is 4.21. The molecule has 1 atom stereocenters. The molecule has 0 aliphatic carbocycles. The molecule has 3 heterocycles. The van der Waals surface area contributed by atoms with E-state index in [1.807, 2.05) is 0 Å². The monoisotopic (exact) mass is 570 g/mol. The average Bonchev–Trinajstić information content (AvgIpc) is 2.99. The van der Waals surface area contributed by atoms with Crippen LogP contribution in [0.3, 0.4) is 0 Å². The van der Waals surface area contributed by atoms with E-state index in [-0.39, 0.29) is 22.6 Å². The lowest BCUT2D eigenvalue weighted by Gasteiger charge is -2.15. The number of benzene rings is 2. The molecule has 0 saturated heterocycles.